The lowest BCUT2D eigenvalue weighted by atomic mass is 9.86. The molecule has 108 valence electrons. The van der Waals surface area contributed by atoms with E-state index < -0.39 is 23.3 Å². The Morgan fingerprint density at radius 3 is 2.20 bits per heavy atom. The number of rotatable bonds is 4. The molecule has 0 aliphatic heterocycles. The number of benzene rings is 1. The van der Waals surface area contributed by atoms with Gasteiger partial charge in [-0.05, 0) is 32.3 Å². The maximum atomic E-state index is 11.9. The molecule has 0 N–H and O–H groups in total. The van der Waals surface area contributed by atoms with Gasteiger partial charge in [0.15, 0.2) is 0 Å². The standard InChI is InChI=1S/C15H18O5/c1-15(2,10-9-11-7-5-4-6-8-11)14(18)20-13(17)12(16)19-3/h4-8H,9-10H2,1-3H3. The van der Waals surface area contributed by atoms with Crippen molar-refractivity contribution in [2.75, 3.05) is 7.11 Å². The van der Waals surface area contributed by atoms with Crippen LogP contribution in [0.4, 0.5) is 0 Å². The minimum absolute atomic E-state index is 0.504. The van der Waals surface area contributed by atoms with Gasteiger partial charge in [-0.2, -0.15) is 0 Å². The van der Waals surface area contributed by atoms with Gasteiger partial charge >= 0.3 is 17.9 Å². The second-order valence-corrected chi connectivity index (χ2v) is 5.04. The first kappa shape index (κ1) is 15.9. The predicted molar refractivity (Wildman–Crippen MR) is 71.7 cm³/mol. The maximum Gasteiger partial charge on any atom is 0.425 e. The number of methoxy groups -OCH3 is 1. The van der Waals surface area contributed by atoms with Crippen molar-refractivity contribution in [1.29, 1.82) is 0 Å². The van der Waals surface area contributed by atoms with Crippen LogP contribution in [0.15, 0.2) is 30.3 Å². The predicted octanol–water partition coefficient (Wildman–Crippen LogP) is 1.89. The van der Waals surface area contributed by atoms with Gasteiger partial charge in [-0.1, -0.05) is 30.3 Å². The molecule has 0 fully saturated rings. The van der Waals surface area contributed by atoms with Crippen molar-refractivity contribution >= 4 is 17.9 Å². The van der Waals surface area contributed by atoms with E-state index in [0.29, 0.717) is 12.8 Å². The van der Waals surface area contributed by atoms with Gasteiger partial charge in [0.25, 0.3) is 0 Å². The summed E-state index contributed by atoms with van der Waals surface area (Å²) in [5, 5.41) is 0. The van der Waals surface area contributed by atoms with E-state index in [2.05, 4.69) is 9.47 Å². The molecule has 0 atom stereocenters. The van der Waals surface area contributed by atoms with Gasteiger partial charge in [0, 0.05) is 0 Å². The van der Waals surface area contributed by atoms with Gasteiger partial charge in [0.1, 0.15) is 0 Å². The van der Waals surface area contributed by atoms with E-state index >= 15 is 0 Å². The lowest BCUT2D eigenvalue weighted by Gasteiger charge is -2.21. The van der Waals surface area contributed by atoms with Crippen LogP contribution in [0.5, 0.6) is 0 Å². The average Bonchev–Trinajstić information content (AvgIpc) is 2.45. The first-order valence-corrected chi connectivity index (χ1v) is 6.25. The molecule has 0 aliphatic rings. The Hall–Kier alpha value is -2.17. The summed E-state index contributed by atoms with van der Waals surface area (Å²) in [5.41, 5.74) is 0.229. The smallest absolute Gasteiger partial charge is 0.425 e. The van der Waals surface area contributed by atoms with E-state index in [4.69, 9.17) is 0 Å². The number of hydrogen-bond acceptors (Lipinski definition) is 5. The van der Waals surface area contributed by atoms with Crippen LogP contribution in [0.25, 0.3) is 0 Å². The van der Waals surface area contributed by atoms with Crippen molar-refractivity contribution < 1.29 is 23.9 Å². The maximum absolute atomic E-state index is 11.9. The van der Waals surface area contributed by atoms with Gasteiger partial charge in [-0.25, -0.2) is 9.59 Å². The monoisotopic (exact) mass is 278 g/mol. The Morgan fingerprint density at radius 2 is 1.65 bits per heavy atom. The zero-order valence-corrected chi connectivity index (χ0v) is 11.8. The molecular weight excluding hydrogens is 260 g/mol. The largest absolute Gasteiger partial charge is 0.461 e. The molecule has 0 spiro atoms. The number of carbonyl (C=O) groups excluding carboxylic acids is 3. The van der Waals surface area contributed by atoms with Crippen LogP contribution < -0.4 is 0 Å². The Balaban J connectivity index is 2.57. The zero-order valence-electron chi connectivity index (χ0n) is 11.8. The van der Waals surface area contributed by atoms with Crippen LogP contribution in [-0.2, 0) is 30.3 Å². The van der Waals surface area contributed by atoms with Crippen molar-refractivity contribution in [1.82, 2.24) is 0 Å². The molecule has 1 aromatic carbocycles. The summed E-state index contributed by atoms with van der Waals surface area (Å²) in [5.74, 6) is -3.20. The number of ether oxygens (including phenoxy) is 2. The fourth-order valence-electron chi connectivity index (χ4n) is 1.55. The van der Waals surface area contributed by atoms with Crippen LogP contribution in [0.1, 0.15) is 25.8 Å². The van der Waals surface area contributed by atoms with Crippen LogP contribution in [0.2, 0.25) is 0 Å². The normalized spacial score (nSPS) is 10.8. The van der Waals surface area contributed by atoms with Crippen molar-refractivity contribution in [3.63, 3.8) is 0 Å². The molecule has 0 amide bonds. The lowest BCUT2D eigenvalue weighted by Crippen LogP contribution is -2.32. The van der Waals surface area contributed by atoms with Gasteiger partial charge < -0.3 is 9.47 Å². The third-order valence-corrected chi connectivity index (χ3v) is 2.97. The fourth-order valence-corrected chi connectivity index (χ4v) is 1.55. The summed E-state index contributed by atoms with van der Waals surface area (Å²) in [6.45, 7) is 3.34. The van der Waals surface area contributed by atoms with Crippen LogP contribution >= 0.6 is 0 Å². The SMILES string of the molecule is COC(=O)C(=O)OC(=O)C(C)(C)CCc1ccccc1. The number of esters is 3. The summed E-state index contributed by atoms with van der Waals surface area (Å²) in [6.07, 6.45) is 1.18. The van der Waals surface area contributed by atoms with Crippen LogP contribution in [-0.4, -0.2) is 25.0 Å². The molecule has 5 nitrogen and oxygen atoms in total. The third kappa shape index (κ3) is 4.50. The number of hydrogen-bond donors (Lipinski definition) is 0. The van der Waals surface area contributed by atoms with E-state index in [1.165, 1.54) is 0 Å². The van der Waals surface area contributed by atoms with Gasteiger partial charge in [0.2, 0.25) is 0 Å². The van der Waals surface area contributed by atoms with Crippen molar-refractivity contribution in [2.24, 2.45) is 5.41 Å². The first-order valence-electron chi connectivity index (χ1n) is 6.25. The van der Waals surface area contributed by atoms with E-state index in [-0.39, 0.29) is 0 Å². The summed E-state index contributed by atoms with van der Waals surface area (Å²) < 4.78 is 8.69. The molecule has 1 rings (SSSR count). The summed E-state index contributed by atoms with van der Waals surface area (Å²) in [4.78, 5) is 34.0. The molecule has 0 unspecified atom stereocenters. The molecule has 1 aromatic rings. The molecule has 0 saturated heterocycles. The first-order chi connectivity index (χ1) is 9.36. The number of carbonyl (C=O) groups is 3. The Labute approximate surface area is 117 Å². The Morgan fingerprint density at radius 1 is 1.05 bits per heavy atom. The van der Waals surface area contributed by atoms with Crippen molar-refractivity contribution in [2.45, 2.75) is 26.7 Å². The summed E-state index contributed by atoms with van der Waals surface area (Å²) >= 11 is 0. The average molecular weight is 278 g/mol. The molecule has 0 bridgehead atoms. The van der Waals surface area contributed by atoms with E-state index in [1.54, 1.807) is 13.8 Å². The Bertz CT molecular complexity index is 490. The molecule has 0 saturated carbocycles. The molecule has 0 aromatic heterocycles. The van der Waals surface area contributed by atoms with Gasteiger partial charge in [-0.15, -0.1) is 0 Å². The molecule has 5 heteroatoms. The highest BCUT2D eigenvalue weighted by atomic mass is 16.6. The molecule has 0 aliphatic carbocycles. The molecular formula is C15H18O5. The molecule has 20 heavy (non-hydrogen) atoms. The second kappa shape index (κ2) is 6.84. The van der Waals surface area contributed by atoms with Crippen LogP contribution in [0, 0.1) is 5.41 Å². The highest BCUT2D eigenvalue weighted by Crippen LogP contribution is 2.24. The van der Waals surface area contributed by atoms with Gasteiger partial charge in [0.05, 0.1) is 12.5 Å². The number of aryl methyl sites for hydroxylation is 1. The Kier molecular flexibility index (Phi) is 5.43. The van der Waals surface area contributed by atoms with E-state index in [0.717, 1.165) is 12.7 Å². The third-order valence-electron chi connectivity index (χ3n) is 2.97. The summed E-state index contributed by atoms with van der Waals surface area (Å²) in [6, 6.07) is 9.67. The van der Waals surface area contributed by atoms with Crippen molar-refractivity contribution in [3.05, 3.63) is 35.9 Å². The minimum Gasteiger partial charge on any atom is -0.461 e. The topological polar surface area (TPSA) is 69.7 Å². The lowest BCUT2D eigenvalue weighted by molar-refractivity contribution is -0.176. The highest BCUT2D eigenvalue weighted by molar-refractivity contribution is 6.31. The fraction of sp³-hybridized carbons (Fsp3) is 0.400. The van der Waals surface area contributed by atoms with E-state index in [1.807, 2.05) is 30.3 Å². The van der Waals surface area contributed by atoms with E-state index in [9.17, 15) is 14.4 Å². The summed E-state index contributed by atoms with van der Waals surface area (Å²) in [7, 11) is 1.05. The second-order valence-electron chi connectivity index (χ2n) is 5.04. The minimum atomic E-state index is -1.29. The van der Waals surface area contributed by atoms with Gasteiger partial charge in [-0.3, -0.25) is 4.79 Å². The molecule has 0 radical (unpaired) electrons. The zero-order chi connectivity index (χ0) is 15.2. The molecule has 0 heterocycles. The highest BCUT2D eigenvalue weighted by Gasteiger charge is 2.33. The van der Waals surface area contributed by atoms with Crippen LogP contribution in [0.3, 0.4) is 0 Å². The van der Waals surface area contributed by atoms with Crippen molar-refractivity contribution in [3.8, 4) is 0 Å². The quantitative estimate of drug-likeness (QED) is 0.478.